The lowest BCUT2D eigenvalue weighted by Gasteiger charge is -2.48. The van der Waals surface area contributed by atoms with Crippen LogP contribution in [0.5, 0.6) is 11.5 Å². The highest BCUT2D eigenvalue weighted by Crippen LogP contribution is 2.49. The van der Waals surface area contributed by atoms with E-state index in [1.807, 2.05) is 13.0 Å². The highest BCUT2D eigenvalue weighted by molar-refractivity contribution is 9.10. The van der Waals surface area contributed by atoms with E-state index < -0.39 is 5.60 Å². The molecule has 5 heteroatoms. The molecule has 3 atom stereocenters. The van der Waals surface area contributed by atoms with Gasteiger partial charge in [-0.05, 0) is 72.0 Å². The van der Waals surface area contributed by atoms with Crippen LogP contribution in [0.3, 0.4) is 0 Å². The first kappa shape index (κ1) is 21.5. The van der Waals surface area contributed by atoms with Crippen molar-refractivity contribution < 1.29 is 19.0 Å². The van der Waals surface area contributed by atoms with Crippen LogP contribution in [-0.4, -0.2) is 24.9 Å². The second kappa shape index (κ2) is 7.91. The SMILES string of the molecule is COc1cc2cc([C@H](C)CC[C@H]3C(C)(C)CCC[C@]3(C)O)oc2c(Br)c1OC. The van der Waals surface area contributed by atoms with Gasteiger partial charge in [0, 0.05) is 11.3 Å². The zero-order chi connectivity index (χ0) is 20.7. The molecule has 0 saturated heterocycles. The first-order valence-electron chi connectivity index (χ1n) is 10.2. The molecule has 3 rings (SSSR count). The summed E-state index contributed by atoms with van der Waals surface area (Å²) in [5.41, 5.74) is 0.364. The van der Waals surface area contributed by atoms with Gasteiger partial charge in [-0.3, -0.25) is 0 Å². The zero-order valence-corrected chi connectivity index (χ0v) is 19.5. The van der Waals surface area contributed by atoms with Gasteiger partial charge in [0.2, 0.25) is 0 Å². The Morgan fingerprint density at radius 3 is 2.54 bits per heavy atom. The Morgan fingerprint density at radius 2 is 1.93 bits per heavy atom. The van der Waals surface area contributed by atoms with Crippen molar-refractivity contribution in [3.8, 4) is 11.5 Å². The van der Waals surface area contributed by atoms with Crippen molar-refractivity contribution in [3.05, 3.63) is 22.4 Å². The van der Waals surface area contributed by atoms with E-state index in [4.69, 9.17) is 13.9 Å². The largest absolute Gasteiger partial charge is 0.493 e. The summed E-state index contributed by atoms with van der Waals surface area (Å²) in [5.74, 6) is 2.85. The Balaban J connectivity index is 1.82. The third-order valence-corrected chi connectivity index (χ3v) is 7.41. The van der Waals surface area contributed by atoms with Gasteiger partial charge in [0.15, 0.2) is 17.1 Å². The summed E-state index contributed by atoms with van der Waals surface area (Å²) in [4.78, 5) is 0. The van der Waals surface area contributed by atoms with Crippen molar-refractivity contribution in [1.29, 1.82) is 0 Å². The average Bonchev–Trinajstić information content (AvgIpc) is 3.04. The van der Waals surface area contributed by atoms with Crippen LogP contribution >= 0.6 is 15.9 Å². The number of fused-ring (bicyclic) bond motifs is 1. The molecule has 1 heterocycles. The summed E-state index contributed by atoms with van der Waals surface area (Å²) < 4.78 is 17.9. The van der Waals surface area contributed by atoms with Crippen molar-refractivity contribution in [2.45, 2.75) is 71.3 Å². The average molecular weight is 453 g/mol. The fourth-order valence-electron chi connectivity index (χ4n) is 5.06. The molecule has 2 aromatic rings. The van der Waals surface area contributed by atoms with Crippen molar-refractivity contribution in [2.75, 3.05) is 14.2 Å². The summed E-state index contributed by atoms with van der Waals surface area (Å²) >= 11 is 3.60. The Hall–Kier alpha value is -1.20. The third-order valence-electron chi connectivity index (χ3n) is 6.69. The van der Waals surface area contributed by atoms with Crippen molar-refractivity contribution >= 4 is 26.9 Å². The summed E-state index contributed by atoms with van der Waals surface area (Å²) in [6, 6.07) is 4.05. The van der Waals surface area contributed by atoms with Crippen LogP contribution < -0.4 is 9.47 Å². The topological polar surface area (TPSA) is 51.8 Å². The molecular formula is C23H33BrO4. The molecule has 0 unspecified atom stereocenters. The number of benzene rings is 1. The number of hydrogen-bond donors (Lipinski definition) is 1. The maximum absolute atomic E-state index is 11.0. The van der Waals surface area contributed by atoms with Gasteiger partial charge in [-0.2, -0.15) is 0 Å². The molecule has 1 aliphatic rings. The molecule has 0 bridgehead atoms. The van der Waals surface area contributed by atoms with Gasteiger partial charge in [0.25, 0.3) is 0 Å². The lowest BCUT2D eigenvalue weighted by atomic mass is 9.60. The van der Waals surface area contributed by atoms with Gasteiger partial charge in [-0.15, -0.1) is 0 Å². The van der Waals surface area contributed by atoms with Crippen LogP contribution in [0.4, 0.5) is 0 Å². The summed E-state index contributed by atoms with van der Waals surface area (Å²) in [6.07, 6.45) is 5.15. The molecule has 1 aromatic carbocycles. The van der Waals surface area contributed by atoms with Crippen molar-refractivity contribution in [3.63, 3.8) is 0 Å². The van der Waals surface area contributed by atoms with Crippen LogP contribution in [0.1, 0.15) is 71.5 Å². The molecule has 1 aromatic heterocycles. The molecule has 4 nitrogen and oxygen atoms in total. The van der Waals surface area contributed by atoms with Crippen LogP contribution in [0.2, 0.25) is 0 Å². The Bertz CT molecular complexity index is 821. The van der Waals surface area contributed by atoms with Crippen LogP contribution in [0, 0.1) is 11.3 Å². The fourth-order valence-corrected chi connectivity index (χ4v) is 5.73. The summed E-state index contributed by atoms with van der Waals surface area (Å²) in [5, 5.41) is 12.0. The lowest BCUT2D eigenvalue weighted by Crippen LogP contribution is -2.47. The number of halogens is 1. The second-order valence-corrected chi connectivity index (χ2v) is 10.0. The van der Waals surface area contributed by atoms with Gasteiger partial charge < -0.3 is 19.0 Å². The monoisotopic (exact) mass is 452 g/mol. The second-order valence-electron chi connectivity index (χ2n) is 9.22. The van der Waals surface area contributed by atoms with Gasteiger partial charge in [0.05, 0.1) is 19.8 Å². The molecule has 156 valence electrons. The molecule has 28 heavy (non-hydrogen) atoms. The van der Waals surface area contributed by atoms with E-state index in [0.717, 1.165) is 46.9 Å². The van der Waals surface area contributed by atoms with E-state index in [1.54, 1.807) is 14.2 Å². The molecule has 1 fully saturated rings. The molecule has 0 aliphatic heterocycles. The molecule has 1 saturated carbocycles. The predicted octanol–water partition coefficient (Wildman–Crippen LogP) is 6.67. The number of ether oxygens (including phenoxy) is 2. The maximum Gasteiger partial charge on any atom is 0.178 e. The van der Waals surface area contributed by atoms with E-state index in [2.05, 4.69) is 42.8 Å². The number of methoxy groups -OCH3 is 2. The standard InChI is InChI=1S/C23H33BrO4/c1-14(8-9-18-22(2,3)10-7-11-23(18,4)25)16-12-15-13-17(26-5)21(27-6)19(24)20(15)28-16/h12-14,18,25H,7-11H2,1-6H3/t14-,18+,23+/m1/s1. The van der Waals surface area contributed by atoms with E-state index >= 15 is 0 Å². The molecule has 1 aliphatic carbocycles. The van der Waals surface area contributed by atoms with E-state index in [9.17, 15) is 5.11 Å². The van der Waals surface area contributed by atoms with Crippen molar-refractivity contribution in [2.24, 2.45) is 11.3 Å². The minimum Gasteiger partial charge on any atom is -0.493 e. The van der Waals surface area contributed by atoms with E-state index in [-0.39, 0.29) is 11.3 Å². The summed E-state index contributed by atoms with van der Waals surface area (Å²) in [7, 11) is 3.26. The van der Waals surface area contributed by atoms with Gasteiger partial charge in [0.1, 0.15) is 10.2 Å². The van der Waals surface area contributed by atoms with Gasteiger partial charge >= 0.3 is 0 Å². The number of rotatable bonds is 6. The quantitative estimate of drug-likeness (QED) is 0.531. The highest BCUT2D eigenvalue weighted by atomic mass is 79.9. The molecule has 0 radical (unpaired) electrons. The third kappa shape index (κ3) is 3.93. The van der Waals surface area contributed by atoms with Gasteiger partial charge in [-0.1, -0.05) is 27.2 Å². The Kier molecular flexibility index (Phi) is 6.07. The summed E-state index contributed by atoms with van der Waals surface area (Å²) in [6.45, 7) is 8.81. The molecule has 0 amide bonds. The first-order chi connectivity index (χ1) is 13.1. The van der Waals surface area contributed by atoms with E-state index in [0.29, 0.717) is 17.4 Å². The lowest BCUT2D eigenvalue weighted by molar-refractivity contribution is -0.0932. The van der Waals surface area contributed by atoms with Crippen LogP contribution in [-0.2, 0) is 0 Å². The molecule has 0 spiro atoms. The van der Waals surface area contributed by atoms with Crippen molar-refractivity contribution in [1.82, 2.24) is 0 Å². The molecular weight excluding hydrogens is 420 g/mol. The number of furan rings is 1. The van der Waals surface area contributed by atoms with Gasteiger partial charge in [-0.25, -0.2) is 0 Å². The van der Waals surface area contributed by atoms with Crippen LogP contribution in [0.15, 0.2) is 21.0 Å². The molecule has 1 N–H and O–H groups in total. The van der Waals surface area contributed by atoms with Crippen LogP contribution in [0.25, 0.3) is 11.0 Å². The fraction of sp³-hybridized carbons (Fsp3) is 0.652. The van der Waals surface area contributed by atoms with E-state index in [1.165, 1.54) is 6.42 Å². The highest BCUT2D eigenvalue weighted by Gasteiger charge is 2.45. The minimum absolute atomic E-state index is 0.166. The normalized spacial score (nSPS) is 25.6. The smallest absolute Gasteiger partial charge is 0.178 e. The number of hydrogen-bond acceptors (Lipinski definition) is 4. The number of aliphatic hydroxyl groups is 1. The minimum atomic E-state index is -0.584. The predicted molar refractivity (Wildman–Crippen MR) is 116 cm³/mol. The zero-order valence-electron chi connectivity index (χ0n) is 17.9. The Labute approximate surface area is 176 Å². The first-order valence-corrected chi connectivity index (χ1v) is 11.0. The maximum atomic E-state index is 11.0. The Morgan fingerprint density at radius 1 is 1.21 bits per heavy atom.